The van der Waals surface area contributed by atoms with Gasteiger partial charge >= 0.3 is 0 Å². The second-order valence-corrected chi connectivity index (χ2v) is 5.91. The summed E-state index contributed by atoms with van der Waals surface area (Å²) in [5, 5.41) is 12.1. The third kappa shape index (κ3) is 3.42. The number of rotatable bonds is 6. The third-order valence-electron chi connectivity index (χ3n) is 3.90. The van der Waals surface area contributed by atoms with Crippen LogP contribution in [0.15, 0.2) is 36.7 Å². The molecule has 4 aromatic rings. The molecular formula is C17H19N9O. The smallest absolute Gasteiger partial charge is 0.162 e. The molecule has 0 unspecified atom stereocenters. The van der Waals surface area contributed by atoms with Crippen molar-refractivity contribution in [3.8, 4) is 11.4 Å². The van der Waals surface area contributed by atoms with Gasteiger partial charge in [-0.3, -0.25) is 4.68 Å². The van der Waals surface area contributed by atoms with Crippen molar-refractivity contribution in [1.82, 2.24) is 34.3 Å². The fraction of sp³-hybridized carbons (Fsp3) is 0.235. The minimum Gasteiger partial charge on any atom is -0.384 e. The van der Waals surface area contributed by atoms with Crippen LogP contribution in [0.25, 0.3) is 17.0 Å². The second-order valence-electron chi connectivity index (χ2n) is 5.91. The van der Waals surface area contributed by atoms with E-state index in [1.54, 1.807) is 35.5 Å². The molecule has 0 fully saturated rings. The number of nitrogens with one attached hydrogen (secondary N) is 1. The molecule has 4 heterocycles. The number of imidazole rings is 1. The van der Waals surface area contributed by atoms with Gasteiger partial charge in [-0.25, -0.2) is 19.5 Å². The SMILES string of the molecule is COCCn1ccc(Nc2nc3cccnn3c2-c2cc(N)nc(C)n2)n1. The van der Waals surface area contributed by atoms with E-state index in [0.29, 0.717) is 53.5 Å². The van der Waals surface area contributed by atoms with Crippen molar-refractivity contribution in [1.29, 1.82) is 0 Å². The summed E-state index contributed by atoms with van der Waals surface area (Å²) in [6.07, 6.45) is 3.57. The van der Waals surface area contributed by atoms with Gasteiger partial charge in [-0.15, -0.1) is 0 Å². The molecule has 0 spiro atoms. The van der Waals surface area contributed by atoms with Crippen LogP contribution in [0.5, 0.6) is 0 Å². The van der Waals surface area contributed by atoms with E-state index in [1.807, 2.05) is 24.4 Å². The first kappa shape index (κ1) is 16.9. The maximum Gasteiger partial charge on any atom is 0.162 e. The minimum atomic E-state index is 0.387. The number of fused-ring (bicyclic) bond motifs is 1. The molecule has 10 heteroatoms. The number of nitrogen functional groups attached to an aromatic ring is 1. The number of hydrogen-bond donors (Lipinski definition) is 2. The van der Waals surface area contributed by atoms with Crippen LogP contribution >= 0.6 is 0 Å². The zero-order valence-electron chi connectivity index (χ0n) is 15.0. The van der Waals surface area contributed by atoms with Gasteiger partial charge < -0.3 is 15.8 Å². The molecule has 27 heavy (non-hydrogen) atoms. The standard InChI is InChI=1S/C17H19N9O/c1-11-20-12(10-13(18)21-11)16-17(23-15-4-3-6-19-26(15)16)22-14-5-7-25(24-14)8-9-27-2/h3-7,10H,8-9H2,1-2H3,(H,22,24)(H2,18,20,21). The predicted molar refractivity (Wildman–Crippen MR) is 101 cm³/mol. The van der Waals surface area contributed by atoms with Crippen molar-refractivity contribution in [3.63, 3.8) is 0 Å². The highest BCUT2D eigenvalue weighted by Gasteiger charge is 2.18. The van der Waals surface area contributed by atoms with Gasteiger partial charge in [-0.2, -0.15) is 10.2 Å². The van der Waals surface area contributed by atoms with E-state index < -0.39 is 0 Å². The Hall–Kier alpha value is -3.53. The van der Waals surface area contributed by atoms with Crippen molar-refractivity contribution < 1.29 is 4.74 Å². The fourth-order valence-corrected chi connectivity index (χ4v) is 2.78. The van der Waals surface area contributed by atoms with Gasteiger partial charge in [0.2, 0.25) is 0 Å². The van der Waals surface area contributed by atoms with Gasteiger partial charge in [0.25, 0.3) is 0 Å². The van der Waals surface area contributed by atoms with Gasteiger partial charge in [0.1, 0.15) is 17.3 Å². The molecule has 0 amide bonds. The molecular weight excluding hydrogens is 346 g/mol. The fourth-order valence-electron chi connectivity index (χ4n) is 2.78. The molecule has 4 aromatic heterocycles. The number of nitrogens with zero attached hydrogens (tertiary/aromatic N) is 7. The van der Waals surface area contributed by atoms with E-state index in [2.05, 4.69) is 30.5 Å². The number of ether oxygens (including phenoxy) is 1. The summed E-state index contributed by atoms with van der Waals surface area (Å²) in [6.45, 7) is 3.05. The minimum absolute atomic E-state index is 0.387. The van der Waals surface area contributed by atoms with Crippen molar-refractivity contribution in [2.75, 3.05) is 24.8 Å². The topological polar surface area (TPSA) is 121 Å². The van der Waals surface area contributed by atoms with Gasteiger partial charge in [0, 0.05) is 31.6 Å². The number of methoxy groups -OCH3 is 1. The largest absolute Gasteiger partial charge is 0.384 e. The Balaban J connectivity index is 1.77. The Bertz CT molecular complexity index is 1060. The Labute approximate surface area is 155 Å². The van der Waals surface area contributed by atoms with E-state index in [-0.39, 0.29) is 0 Å². The highest BCUT2D eigenvalue weighted by Crippen LogP contribution is 2.29. The lowest BCUT2D eigenvalue weighted by molar-refractivity contribution is 0.183. The Kier molecular flexibility index (Phi) is 4.38. The number of hydrogen-bond acceptors (Lipinski definition) is 8. The Morgan fingerprint density at radius 1 is 1.22 bits per heavy atom. The van der Waals surface area contributed by atoms with Crippen molar-refractivity contribution >= 4 is 23.1 Å². The van der Waals surface area contributed by atoms with Crippen LogP contribution < -0.4 is 11.1 Å². The van der Waals surface area contributed by atoms with Gasteiger partial charge in [0.15, 0.2) is 17.3 Å². The van der Waals surface area contributed by atoms with Gasteiger partial charge in [-0.1, -0.05) is 0 Å². The first-order chi connectivity index (χ1) is 13.1. The first-order valence-electron chi connectivity index (χ1n) is 8.39. The van der Waals surface area contributed by atoms with E-state index in [0.717, 1.165) is 0 Å². The van der Waals surface area contributed by atoms with Gasteiger partial charge in [0.05, 0.1) is 18.8 Å². The molecule has 0 saturated heterocycles. The van der Waals surface area contributed by atoms with Crippen LogP contribution in [0, 0.1) is 6.92 Å². The van der Waals surface area contributed by atoms with Crippen LogP contribution in [-0.2, 0) is 11.3 Å². The average molecular weight is 365 g/mol. The van der Waals surface area contributed by atoms with Gasteiger partial charge in [-0.05, 0) is 19.1 Å². The van der Waals surface area contributed by atoms with E-state index in [4.69, 9.17) is 10.5 Å². The predicted octanol–water partition coefficient (Wildman–Crippen LogP) is 1.66. The lowest BCUT2D eigenvalue weighted by Crippen LogP contribution is -2.05. The Morgan fingerprint density at radius 3 is 2.93 bits per heavy atom. The van der Waals surface area contributed by atoms with E-state index in [9.17, 15) is 0 Å². The van der Waals surface area contributed by atoms with Crippen LogP contribution in [-0.4, -0.2) is 48.1 Å². The van der Waals surface area contributed by atoms with E-state index >= 15 is 0 Å². The lowest BCUT2D eigenvalue weighted by atomic mass is 10.3. The van der Waals surface area contributed by atoms with Crippen LogP contribution in [0.3, 0.4) is 0 Å². The average Bonchev–Trinajstić information content (AvgIpc) is 3.23. The third-order valence-corrected chi connectivity index (χ3v) is 3.90. The van der Waals surface area contributed by atoms with Crippen molar-refractivity contribution in [2.24, 2.45) is 0 Å². The molecule has 10 nitrogen and oxygen atoms in total. The molecule has 4 rings (SSSR count). The summed E-state index contributed by atoms with van der Waals surface area (Å²) in [5.74, 6) is 2.21. The van der Waals surface area contributed by atoms with Crippen LogP contribution in [0.1, 0.15) is 5.82 Å². The highest BCUT2D eigenvalue weighted by molar-refractivity contribution is 5.77. The molecule has 0 aliphatic carbocycles. The molecule has 0 aromatic carbocycles. The number of aryl methyl sites for hydroxylation is 1. The van der Waals surface area contributed by atoms with Crippen LogP contribution in [0.4, 0.5) is 17.5 Å². The van der Waals surface area contributed by atoms with Crippen molar-refractivity contribution in [2.45, 2.75) is 13.5 Å². The summed E-state index contributed by atoms with van der Waals surface area (Å²) in [4.78, 5) is 13.3. The Morgan fingerprint density at radius 2 is 2.11 bits per heavy atom. The zero-order valence-corrected chi connectivity index (χ0v) is 15.0. The molecule has 0 aliphatic rings. The summed E-state index contributed by atoms with van der Waals surface area (Å²) >= 11 is 0. The number of nitrogens with two attached hydrogens (primary N) is 1. The lowest BCUT2D eigenvalue weighted by Gasteiger charge is -2.06. The maximum absolute atomic E-state index is 5.91. The summed E-state index contributed by atoms with van der Waals surface area (Å²) in [6, 6.07) is 7.27. The van der Waals surface area contributed by atoms with Crippen LogP contribution in [0.2, 0.25) is 0 Å². The molecule has 0 radical (unpaired) electrons. The number of aromatic nitrogens is 7. The molecule has 138 valence electrons. The molecule has 0 saturated carbocycles. The quantitative estimate of drug-likeness (QED) is 0.529. The first-order valence-corrected chi connectivity index (χ1v) is 8.39. The number of anilines is 3. The summed E-state index contributed by atoms with van der Waals surface area (Å²) in [5.41, 5.74) is 7.92. The molecule has 0 atom stereocenters. The molecule has 3 N–H and O–H groups in total. The normalized spacial score (nSPS) is 11.2. The van der Waals surface area contributed by atoms with Crippen molar-refractivity contribution in [3.05, 3.63) is 42.5 Å². The monoisotopic (exact) mass is 365 g/mol. The second kappa shape index (κ2) is 7.00. The van der Waals surface area contributed by atoms with E-state index in [1.165, 1.54) is 0 Å². The zero-order chi connectivity index (χ0) is 18.8. The molecule has 0 aliphatic heterocycles. The molecule has 0 bridgehead atoms. The summed E-state index contributed by atoms with van der Waals surface area (Å²) in [7, 11) is 1.66. The maximum atomic E-state index is 5.91. The highest BCUT2D eigenvalue weighted by atomic mass is 16.5. The summed E-state index contributed by atoms with van der Waals surface area (Å²) < 4.78 is 8.59.